The van der Waals surface area contributed by atoms with Gasteiger partial charge in [-0.25, -0.2) is 0 Å². The van der Waals surface area contributed by atoms with E-state index in [-0.39, 0.29) is 0 Å². The van der Waals surface area contributed by atoms with Crippen molar-refractivity contribution in [1.82, 2.24) is 0 Å². The van der Waals surface area contributed by atoms with Crippen LogP contribution in [0.25, 0.3) is 9.75 Å². The van der Waals surface area contributed by atoms with Gasteiger partial charge in [0.1, 0.15) is 0 Å². The van der Waals surface area contributed by atoms with Crippen molar-refractivity contribution in [2.75, 3.05) is 0 Å². The fourth-order valence-electron chi connectivity index (χ4n) is 3.61. The van der Waals surface area contributed by atoms with E-state index in [1.807, 2.05) is 22.7 Å². The molecule has 0 bridgehead atoms. The molecule has 1 spiro atoms. The van der Waals surface area contributed by atoms with E-state index in [1.54, 1.807) is 11.1 Å². The molecule has 0 unspecified atom stereocenters. The Morgan fingerprint density at radius 1 is 0.833 bits per heavy atom. The van der Waals surface area contributed by atoms with Crippen LogP contribution in [0, 0.1) is 0 Å². The van der Waals surface area contributed by atoms with E-state index in [9.17, 15) is 0 Å². The topological polar surface area (TPSA) is 0 Å². The van der Waals surface area contributed by atoms with Gasteiger partial charge in [0.2, 0.25) is 0 Å². The van der Waals surface area contributed by atoms with Crippen molar-refractivity contribution < 1.29 is 0 Å². The quantitative estimate of drug-likeness (QED) is 0.466. The van der Waals surface area contributed by atoms with Crippen molar-refractivity contribution in [3.8, 4) is 9.75 Å². The normalized spacial score (nSPS) is 20.1. The zero-order valence-electron chi connectivity index (χ0n) is 9.76. The predicted molar refractivity (Wildman–Crippen MR) is 86.9 cm³/mol. The number of halogens is 2. The Labute approximate surface area is 132 Å². The molecule has 4 rings (SSSR count). The zero-order valence-corrected chi connectivity index (χ0v) is 14.6. The molecule has 0 aromatic carbocycles. The highest BCUT2D eigenvalue weighted by Crippen LogP contribution is 2.61. The molecule has 0 radical (unpaired) electrons. The summed E-state index contributed by atoms with van der Waals surface area (Å²) in [5, 5.41) is 0. The minimum Gasteiger partial charge on any atom is -0.127 e. The first kappa shape index (κ1) is 12.1. The second-order valence-electron chi connectivity index (χ2n) is 5.23. The Bertz CT molecular complexity index is 570. The molecule has 2 aliphatic rings. The fourth-order valence-corrected chi connectivity index (χ4v) is 7.17. The van der Waals surface area contributed by atoms with Crippen LogP contribution in [0.1, 0.15) is 43.2 Å². The van der Waals surface area contributed by atoms with Crippen molar-refractivity contribution in [3.63, 3.8) is 0 Å². The highest BCUT2D eigenvalue weighted by Gasteiger charge is 2.46. The Morgan fingerprint density at radius 3 is 1.83 bits per heavy atom. The Balaban J connectivity index is 2.01. The molecule has 1 saturated carbocycles. The predicted octanol–water partition coefficient (Wildman–Crippen LogP) is 6.57. The van der Waals surface area contributed by atoms with Gasteiger partial charge < -0.3 is 0 Å². The smallest absolute Gasteiger partial charge is 0.0708 e. The Morgan fingerprint density at radius 2 is 1.33 bits per heavy atom. The SMILES string of the molecule is Brc1cc2c(s1)-c1sc(Br)cc1C21CCCCC1. The van der Waals surface area contributed by atoms with E-state index < -0.39 is 0 Å². The monoisotopic (exact) mass is 402 g/mol. The molecule has 0 amide bonds. The summed E-state index contributed by atoms with van der Waals surface area (Å²) in [5.74, 6) is 0. The maximum atomic E-state index is 3.68. The van der Waals surface area contributed by atoms with Gasteiger partial charge in [0.05, 0.1) is 7.57 Å². The van der Waals surface area contributed by atoms with Crippen molar-refractivity contribution in [3.05, 3.63) is 30.8 Å². The van der Waals surface area contributed by atoms with Gasteiger partial charge in [-0.05, 0) is 68.0 Å². The zero-order chi connectivity index (χ0) is 12.3. The molecule has 0 N–H and O–H groups in total. The second kappa shape index (κ2) is 4.18. The number of rotatable bonds is 0. The highest BCUT2D eigenvalue weighted by molar-refractivity contribution is 9.11. The molecule has 94 valence electrons. The average molecular weight is 404 g/mol. The summed E-state index contributed by atoms with van der Waals surface area (Å²) in [7, 11) is 0. The lowest BCUT2D eigenvalue weighted by Crippen LogP contribution is -2.27. The second-order valence-corrected chi connectivity index (χ2v) is 10.1. The van der Waals surface area contributed by atoms with Crippen LogP contribution in [-0.2, 0) is 5.41 Å². The molecule has 0 nitrogen and oxygen atoms in total. The molecular formula is C14H12Br2S2. The van der Waals surface area contributed by atoms with Crippen LogP contribution < -0.4 is 0 Å². The maximum Gasteiger partial charge on any atom is 0.0708 e. The van der Waals surface area contributed by atoms with Crippen LogP contribution in [0.2, 0.25) is 0 Å². The molecule has 1 fully saturated rings. The summed E-state index contributed by atoms with van der Waals surface area (Å²) >= 11 is 11.2. The third-order valence-electron chi connectivity index (χ3n) is 4.35. The number of hydrogen-bond acceptors (Lipinski definition) is 2. The fraction of sp³-hybridized carbons (Fsp3) is 0.429. The van der Waals surface area contributed by atoms with E-state index in [4.69, 9.17) is 0 Å². The Kier molecular flexibility index (Phi) is 2.81. The molecule has 2 aromatic rings. The van der Waals surface area contributed by atoms with Gasteiger partial charge in [0.25, 0.3) is 0 Å². The number of fused-ring (bicyclic) bond motifs is 5. The summed E-state index contributed by atoms with van der Waals surface area (Å²) in [4.78, 5) is 3.05. The van der Waals surface area contributed by atoms with E-state index in [1.165, 1.54) is 49.4 Å². The third-order valence-corrected chi connectivity index (χ3v) is 7.79. The van der Waals surface area contributed by atoms with E-state index in [0.29, 0.717) is 5.41 Å². The molecule has 0 aliphatic heterocycles. The first-order chi connectivity index (χ1) is 8.71. The van der Waals surface area contributed by atoms with E-state index in [2.05, 4.69) is 44.0 Å². The molecule has 4 heteroatoms. The van der Waals surface area contributed by atoms with Crippen molar-refractivity contribution >= 4 is 54.5 Å². The van der Waals surface area contributed by atoms with Gasteiger partial charge in [0.15, 0.2) is 0 Å². The number of hydrogen-bond donors (Lipinski definition) is 0. The van der Waals surface area contributed by atoms with Gasteiger partial charge >= 0.3 is 0 Å². The molecule has 2 aromatic heterocycles. The van der Waals surface area contributed by atoms with Crippen LogP contribution in [0.5, 0.6) is 0 Å². The maximum absolute atomic E-state index is 3.68. The summed E-state index contributed by atoms with van der Waals surface area (Å²) in [6.07, 6.45) is 6.82. The summed E-state index contributed by atoms with van der Waals surface area (Å²) < 4.78 is 2.57. The van der Waals surface area contributed by atoms with Crippen molar-refractivity contribution in [2.45, 2.75) is 37.5 Å². The minimum atomic E-state index is 0.341. The van der Waals surface area contributed by atoms with Gasteiger partial charge in [-0.1, -0.05) is 19.3 Å². The van der Waals surface area contributed by atoms with Crippen LogP contribution in [0.15, 0.2) is 19.7 Å². The van der Waals surface area contributed by atoms with Crippen LogP contribution in [-0.4, -0.2) is 0 Å². The highest BCUT2D eigenvalue weighted by atomic mass is 79.9. The first-order valence-corrected chi connectivity index (χ1v) is 9.53. The van der Waals surface area contributed by atoms with Crippen LogP contribution in [0.3, 0.4) is 0 Å². The summed E-state index contributed by atoms with van der Waals surface area (Å²) in [6.45, 7) is 0. The third kappa shape index (κ3) is 1.52. The van der Waals surface area contributed by atoms with Gasteiger partial charge in [0, 0.05) is 15.2 Å². The largest absolute Gasteiger partial charge is 0.127 e. The summed E-state index contributed by atoms with van der Waals surface area (Å²) in [5.41, 5.74) is 3.55. The lowest BCUT2D eigenvalue weighted by Gasteiger charge is -2.34. The van der Waals surface area contributed by atoms with Gasteiger partial charge in [-0.15, -0.1) is 22.7 Å². The van der Waals surface area contributed by atoms with Crippen LogP contribution >= 0.6 is 54.5 Å². The van der Waals surface area contributed by atoms with Gasteiger partial charge in [-0.2, -0.15) is 0 Å². The Hall–Kier alpha value is 0.360. The molecule has 18 heavy (non-hydrogen) atoms. The van der Waals surface area contributed by atoms with Gasteiger partial charge in [-0.3, -0.25) is 0 Å². The molecule has 2 heterocycles. The lowest BCUT2D eigenvalue weighted by molar-refractivity contribution is 0.353. The van der Waals surface area contributed by atoms with Crippen molar-refractivity contribution in [2.24, 2.45) is 0 Å². The minimum absolute atomic E-state index is 0.341. The number of thiophene rings is 2. The lowest BCUT2D eigenvalue weighted by atomic mass is 9.69. The average Bonchev–Trinajstić information content (AvgIpc) is 2.97. The standard InChI is InChI=1S/C14H12Br2S2/c15-10-6-8-12(17-10)13-9(7-11(16)18-13)14(8)4-2-1-3-5-14/h6-7H,1-5H2. The first-order valence-electron chi connectivity index (χ1n) is 6.31. The molecule has 2 aliphatic carbocycles. The van der Waals surface area contributed by atoms with E-state index in [0.717, 1.165) is 0 Å². The summed E-state index contributed by atoms with van der Waals surface area (Å²) in [6, 6.07) is 4.76. The molecule has 0 atom stereocenters. The van der Waals surface area contributed by atoms with Crippen molar-refractivity contribution in [1.29, 1.82) is 0 Å². The molecule has 0 saturated heterocycles. The molecular weight excluding hydrogens is 392 g/mol. The van der Waals surface area contributed by atoms with Crippen LogP contribution in [0.4, 0.5) is 0 Å². The van der Waals surface area contributed by atoms with E-state index >= 15 is 0 Å².